The molecule has 8 aromatic carbocycles. The number of aromatic nitrogens is 2. The van der Waals surface area contributed by atoms with Gasteiger partial charge in [-0.25, -0.2) is 9.97 Å². The lowest BCUT2D eigenvalue weighted by molar-refractivity contribution is 0.551. The van der Waals surface area contributed by atoms with Crippen LogP contribution in [0, 0.1) is 0 Å². The van der Waals surface area contributed by atoms with Crippen LogP contribution in [0.3, 0.4) is 0 Å². The van der Waals surface area contributed by atoms with Gasteiger partial charge in [0.05, 0.1) is 11.0 Å². The molecule has 0 aliphatic heterocycles. The molecular formula is C64H72N2. The largest absolute Gasteiger partial charge is 0.232 e. The maximum Gasteiger partial charge on any atom is 0.135 e. The normalized spacial score (nSPS) is 13.6. The van der Waals surface area contributed by atoms with Gasteiger partial charge in [-0.1, -0.05) is 222 Å². The summed E-state index contributed by atoms with van der Waals surface area (Å²) in [5, 5.41) is 9.74. The summed E-state index contributed by atoms with van der Waals surface area (Å²) in [5.74, 6) is 0.869. The van der Waals surface area contributed by atoms with Gasteiger partial charge in [0.1, 0.15) is 5.82 Å². The van der Waals surface area contributed by atoms with Gasteiger partial charge in [-0.3, -0.25) is 0 Å². The second kappa shape index (κ2) is 15.0. The van der Waals surface area contributed by atoms with Crippen molar-refractivity contribution in [3.8, 4) is 33.4 Å². The minimum Gasteiger partial charge on any atom is -0.232 e. The van der Waals surface area contributed by atoms with E-state index < -0.39 is 0 Å². The highest BCUT2D eigenvalue weighted by Crippen LogP contribution is 2.56. The zero-order valence-corrected chi connectivity index (χ0v) is 43.3. The number of benzene rings is 8. The first-order valence-corrected chi connectivity index (χ1v) is 24.3. The second-order valence-electron chi connectivity index (χ2n) is 25.6. The van der Waals surface area contributed by atoms with Crippen molar-refractivity contribution in [1.29, 1.82) is 0 Å². The SMILES string of the molecule is CC(C)(C)c1ccc(-c2c(-c3ccc(C(C)(C)C)cc3)c3c4ccc(C(C)(C)C)cc4c4nc(C(C)(C)C)nc5c6cc(C(C)(C)C)ccc6c(c2-c2ccc(C(C)(C)C)cc2)c3c45)cc1. The minimum absolute atomic E-state index is 0.00967. The fraction of sp³-hybridized carbons (Fsp3) is 0.375. The maximum absolute atomic E-state index is 5.71. The van der Waals surface area contributed by atoms with E-state index >= 15 is 0 Å². The summed E-state index contributed by atoms with van der Waals surface area (Å²) in [6, 6.07) is 43.0. The van der Waals surface area contributed by atoms with Gasteiger partial charge in [0.2, 0.25) is 0 Å². The molecule has 0 spiro atoms. The van der Waals surface area contributed by atoms with Crippen molar-refractivity contribution in [3.63, 3.8) is 0 Å². The zero-order valence-electron chi connectivity index (χ0n) is 43.3. The first-order valence-electron chi connectivity index (χ1n) is 24.3. The molecule has 0 aliphatic carbocycles. The fourth-order valence-corrected chi connectivity index (χ4v) is 10.1. The molecule has 0 radical (unpaired) electrons. The van der Waals surface area contributed by atoms with Crippen LogP contribution in [0.15, 0.2) is 109 Å². The molecule has 338 valence electrons. The van der Waals surface area contributed by atoms with E-state index in [9.17, 15) is 0 Å². The van der Waals surface area contributed by atoms with E-state index in [4.69, 9.17) is 9.97 Å². The average molecular weight is 869 g/mol. The molecule has 2 nitrogen and oxygen atoms in total. The molecule has 0 amide bonds. The smallest absolute Gasteiger partial charge is 0.135 e. The summed E-state index contributed by atoms with van der Waals surface area (Å²) in [7, 11) is 0. The second-order valence-corrected chi connectivity index (χ2v) is 25.6. The van der Waals surface area contributed by atoms with E-state index in [-0.39, 0.29) is 32.5 Å². The van der Waals surface area contributed by atoms with Crippen molar-refractivity contribution >= 4 is 54.1 Å². The number of hydrogen-bond donors (Lipinski definition) is 0. The molecule has 0 saturated heterocycles. The van der Waals surface area contributed by atoms with Crippen molar-refractivity contribution < 1.29 is 0 Å². The molecular weight excluding hydrogens is 797 g/mol. The van der Waals surface area contributed by atoms with Crippen LogP contribution in [0.25, 0.3) is 87.5 Å². The van der Waals surface area contributed by atoms with Crippen LogP contribution in [0.2, 0.25) is 0 Å². The standard InChI is InChI=1S/C64H72N2/c1-59(2,3)40-25-19-37(20-26-40)49-50(38-21-27-41(28-22-38)60(4,5)6)52-45-33-31-43(62(10,11)12)35-47(45)56-55-54(52)53(51(49)39-23-29-42(30-24-39)61(7,8)9)46-34-32-44(63(13,14)15)36-48(46)57(55)66-58(65-56)64(16,17)18/h19-36H,1-18H3. The Bertz CT molecular complexity index is 3150. The Labute approximate surface area is 395 Å². The van der Waals surface area contributed by atoms with Gasteiger partial charge in [0.25, 0.3) is 0 Å². The molecule has 1 heterocycles. The Hall–Kier alpha value is -5.60. The molecule has 1 aromatic heterocycles. The van der Waals surface area contributed by atoms with E-state index in [0.717, 1.165) is 22.2 Å². The summed E-state index contributed by atoms with van der Waals surface area (Å²) >= 11 is 0. The third-order valence-electron chi connectivity index (χ3n) is 14.3. The van der Waals surface area contributed by atoms with Gasteiger partial charge in [-0.15, -0.1) is 0 Å². The quantitative estimate of drug-likeness (QED) is 0.131. The van der Waals surface area contributed by atoms with Gasteiger partial charge in [0, 0.05) is 27.0 Å². The predicted octanol–water partition coefficient (Wildman–Crippen LogP) is 18.5. The molecule has 0 unspecified atom stereocenters. The third kappa shape index (κ3) is 7.67. The topological polar surface area (TPSA) is 25.8 Å². The number of rotatable bonds is 3. The molecule has 0 N–H and O–H groups in total. The lowest BCUT2D eigenvalue weighted by Crippen LogP contribution is -2.17. The van der Waals surface area contributed by atoms with Gasteiger partial charge in [-0.2, -0.15) is 0 Å². The Morgan fingerprint density at radius 1 is 0.258 bits per heavy atom. The van der Waals surface area contributed by atoms with E-state index in [0.29, 0.717) is 0 Å². The lowest BCUT2D eigenvalue weighted by Gasteiger charge is -2.29. The molecule has 0 atom stereocenters. The van der Waals surface area contributed by atoms with E-state index in [1.165, 1.54) is 98.9 Å². The van der Waals surface area contributed by atoms with Crippen molar-refractivity contribution in [3.05, 3.63) is 143 Å². The van der Waals surface area contributed by atoms with Crippen LogP contribution < -0.4 is 0 Å². The third-order valence-corrected chi connectivity index (χ3v) is 14.3. The van der Waals surface area contributed by atoms with Crippen LogP contribution in [0.1, 0.15) is 158 Å². The minimum atomic E-state index is -0.279. The summed E-state index contributed by atoms with van der Waals surface area (Å²) in [5.41, 5.74) is 15.6. The lowest BCUT2D eigenvalue weighted by atomic mass is 9.75. The number of nitrogens with zero attached hydrogens (tertiary/aromatic N) is 2. The molecule has 0 aliphatic rings. The van der Waals surface area contributed by atoms with Crippen LogP contribution in [0.4, 0.5) is 0 Å². The van der Waals surface area contributed by atoms with Crippen LogP contribution in [-0.2, 0) is 32.5 Å². The average Bonchev–Trinajstić information content (AvgIpc) is 3.23. The highest BCUT2D eigenvalue weighted by molar-refractivity contribution is 6.44. The highest BCUT2D eigenvalue weighted by atomic mass is 14.9. The van der Waals surface area contributed by atoms with Crippen molar-refractivity contribution in [2.24, 2.45) is 0 Å². The van der Waals surface area contributed by atoms with Gasteiger partial charge in [0.15, 0.2) is 0 Å². The first kappa shape index (κ1) is 45.6. The Morgan fingerprint density at radius 3 is 0.833 bits per heavy atom. The summed E-state index contributed by atoms with van der Waals surface area (Å²) < 4.78 is 0. The fourth-order valence-electron chi connectivity index (χ4n) is 10.1. The van der Waals surface area contributed by atoms with E-state index in [1.807, 2.05) is 0 Å². The van der Waals surface area contributed by atoms with Crippen LogP contribution in [-0.4, -0.2) is 9.97 Å². The van der Waals surface area contributed by atoms with Gasteiger partial charge >= 0.3 is 0 Å². The molecule has 0 fully saturated rings. The van der Waals surface area contributed by atoms with E-state index in [1.54, 1.807) is 0 Å². The molecule has 2 heteroatoms. The zero-order chi connectivity index (χ0) is 47.8. The number of hydrogen-bond acceptors (Lipinski definition) is 2. The Kier molecular flexibility index (Phi) is 10.3. The summed E-state index contributed by atoms with van der Waals surface area (Å²) in [4.78, 5) is 11.4. The molecule has 0 saturated carbocycles. The van der Waals surface area contributed by atoms with Crippen molar-refractivity contribution in [2.45, 2.75) is 157 Å². The monoisotopic (exact) mass is 869 g/mol. The Morgan fingerprint density at radius 2 is 0.545 bits per heavy atom. The predicted molar refractivity (Wildman–Crippen MR) is 289 cm³/mol. The molecule has 66 heavy (non-hydrogen) atoms. The summed E-state index contributed by atoms with van der Waals surface area (Å²) in [6.07, 6.45) is 0. The highest BCUT2D eigenvalue weighted by Gasteiger charge is 2.32. The maximum atomic E-state index is 5.71. The van der Waals surface area contributed by atoms with E-state index in [2.05, 4.69) is 234 Å². The van der Waals surface area contributed by atoms with Gasteiger partial charge < -0.3 is 0 Å². The van der Waals surface area contributed by atoms with Crippen LogP contribution in [0.5, 0.6) is 0 Å². The Balaban J connectivity index is 1.66. The molecule has 0 bridgehead atoms. The summed E-state index contributed by atoms with van der Waals surface area (Å²) in [6.45, 7) is 41.5. The number of fused-ring (bicyclic) bond motifs is 6. The first-order chi connectivity index (χ1) is 30.5. The molecule has 9 aromatic rings. The van der Waals surface area contributed by atoms with Crippen LogP contribution >= 0.6 is 0 Å². The van der Waals surface area contributed by atoms with Gasteiger partial charge in [-0.05, 0) is 122 Å². The van der Waals surface area contributed by atoms with Crippen molar-refractivity contribution in [1.82, 2.24) is 9.97 Å². The van der Waals surface area contributed by atoms with Crippen molar-refractivity contribution in [2.75, 3.05) is 0 Å². The molecule has 9 rings (SSSR count).